The van der Waals surface area contributed by atoms with Gasteiger partial charge in [0.1, 0.15) is 36.2 Å². The molecule has 0 spiro atoms. The van der Waals surface area contributed by atoms with Crippen LogP contribution in [0.15, 0.2) is 84.0 Å². The van der Waals surface area contributed by atoms with E-state index in [0.29, 0.717) is 29.4 Å². The van der Waals surface area contributed by atoms with Gasteiger partial charge in [-0.15, -0.1) is 0 Å². The van der Waals surface area contributed by atoms with Crippen molar-refractivity contribution in [2.24, 2.45) is 5.16 Å². The predicted molar refractivity (Wildman–Crippen MR) is 114 cm³/mol. The number of hydrogen-bond donors (Lipinski definition) is 1. The van der Waals surface area contributed by atoms with Crippen LogP contribution in [0, 0.1) is 0 Å². The Morgan fingerprint density at radius 3 is 2.40 bits per heavy atom. The Labute approximate surface area is 175 Å². The van der Waals surface area contributed by atoms with Crippen LogP contribution >= 0.6 is 0 Å². The largest absolute Gasteiger partial charge is 0.487 e. The molecule has 0 fully saturated rings. The van der Waals surface area contributed by atoms with Crippen molar-refractivity contribution in [3.63, 3.8) is 0 Å². The van der Waals surface area contributed by atoms with E-state index < -0.39 is 5.97 Å². The lowest BCUT2D eigenvalue weighted by atomic mass is 10.1. The zero-order valence-corrected chi connectivity index (χ0v) is 16.7. The zero-order valence-electron chi connectivity index (χ0n) is 16.7. The van der Waals surface area contributed by atoms with Crippen molar-refractivity contribution in [3.8, 4) is 17.2 Å². The van der Waals surface area contributed by atoms with Crippen molar-refractivity contribution in [2.45, 2.75) is 13.3 Å². The van der Waals surface area contributed by atoms with E-state index >= 15 is 0 Å². The average Bonchev–Trinajstić information content (AvgIpc) is 2.74. The van der Waals surface area contributed by atoms with Crippen molar-refractivity contribution >= 4 is 11.7 Å². The molecule has 3 aromatic carbocycles. The van der Waals surface area contributed by atoms with E-state index in [1.54, 1.807) is 24.3 Å². The first-order valence-corrected chi connectivity index (χ1v) is 9.59. The maximum Gasteiger partial charge on any atom is 0.307 e. The van der Waals surface area contributed by atoms with E-state index in [1.165, 1.54) is 0 Å². The number of hydrogen-bond acceptors (Lipinski definition) is 5. The highest BCUT2D eigenvalue weighted by atomic mass is 16.6. The number of oxime groups is 1. The van der Waals surface area contributed by atoms with Crippen LogP contribution in [0.1, 0.15) is 18.1 Å². The predicted octanol–water partition coefficient (Wildman–Crippen LogP) is 4.93. The van der Waals surface area contributed by atoms with Crippen molar-refractivity contribution in [2.75, 3.05) is 13.2 Å². The molecule has 0 aromatic heterocycles. The van der Waals surface area contributed by atoms with Gasteiger partial charge in [0.05, 0.1) is 6.42 Å². The summed E-state index contributed by atoms with van der Waals surface area (Å²) in [6.07, 6.45) is -0.0596. The Hall–Kier alpha value is -3.80. The normalized spacial score (nSPS) is 11.0. The number of para-hydroxylation sites is 1. The molecule has 0 aliphatic heterocycles. The molecule has 0 aliphatic carbocycles. The van der Waals surface area contributed by atoms with Crippen LogP contribution in [0.2, 0.25) is 0 Å². The highest BCUT2D eigenvalue weighted by Crippen LogP contribution is 2.22. The number of nitrogens with zero attached hydrogens (tertiary/aromatic N) is 1. The van der Waals surface area contributed by atoms with Crippen molar-refractivity contribution in [1.82, 2.24) is 0 Å². The number of aliphatic carboxylic acids is 1. The molecule has 0 unspecified atom stereocenters. The number of ether oxygens (including phenoxy) is 2. The second kappa shape index (κ2) is 10.7. The zero-order chi connectivity index (χ0) is 21.2. The van der Waals surface area contributed by atoms with Crippen LogP contribution in [0.3, 0.4) is 0 Å². The number of carboxylic acid groups (broad SMARTS) is 1. The second-order valence-electron chi connectivity index (χ2n) is 6.41. The van der Waals surface area contributed by atoms with Crippen LogP contribution in [0.4, 0.5) is 0 Å². The van der Waals surface area contributed by atoms with Gasteiger partial charge in [-0.05, 0) is 48.9 Å². The molecule has 1 N–H and O–H groups in total. The molecular formula is C24H23NO5. The van der Waals surface area contributed by atoms with Crippen molar-refractivity contribution in [1.29, 1.82) is 0 Å². The number of carbonyl (C=O) groups is 1. The molecule has 0 saturated heterocycles. The summed E-state index contributed by atoms with van der Waals surface area (Å²) in [5, 5.41) is 13.2. The Kier molecular flexibility index (Phi) is 7.44. The molecule has 6 heteroatoms. The smallest absolute Gasteiger partial charge is 0.307 e. The molecule has 0 amide bonds. The van der Waals surface area contributed by atoms with Gasteiger partial charge in [0.2, 0.25) is 0 Å². The van der Waals surface area contributed by atoms with Gasteiger partial charge in [-0.1, -0.05) is 47.6 Å². The molecule has 0 atom stereocenters. The minimum absolute atomic E-state index is 0.0596. The van der Waals surface area contributed by atoms with Crippen molar-refractivity contribution < 1.29 is 24.2 Å². The summed E-state index contributed by atoms with van der Waals surface area (Å²) in [6.45, 7) is 2.44. The molecule has 0 bridgehead atoms. The standard InChI is InChI=1S/C24H23NO5/c1-2-29-25-23(17-28-21-12-6-8-18(14-21)15-24(26)27)19-9-7-13-22(16-19)30-20-10-4-3-5-11-20/h3-14,16H,2,15,17H2,1H3,(H,26,27)/b25-23+. The van der Waals surface area contributed by atoms with Crippen LogP contribution in [-0.2, 0) is 16.1 Å². The van der Waals surface area contributed by atoms with E-state index in [9.17, 15) is 4.79 Å². The lowest BCUT2D eigenvalue weighted by molar-refractivity contribution is -0.136. The van der Waals surface area contributed by atoms with Gasteiger partial charge in [-0.25, -0.2) is 0 Å². The summed E-state index contributed by atoms with van der Waals surface area (Å²) in [7, 11) is 0. The lowest BCUT2D eigenvalue weighted by Gasteiger charge is -2.12. The molecule has 0 aliphatic rings. The third-order valence-electron chi connectivity index (χ3n) is 4.08. The molecule has 0 saturated carbocycles. The Morgan fingerprint density at radius 1 is 0.900 bits per heavy atom. The molecule has 154 valence electrons. The molecule has 0 heterocycles. The van der Waals surface area contributed by atoms with E-state index in [4.69, 9.17) is 19.4 Å². The fourth-order valence-corrected chi connectivity index (χ4v) is 2.74. The van der Waals surface area contributed by atoms with Crippen LogP contribution in [-0.4, -0.2) is 30.0 Å². The highest BCUT2D eigenvalue weighted by molar-refractivity contribution is 6.01. The molecular weight excluding hydrogens is 382 g/mol. The summed E-state index contributed by atoms with van der Waals surface area (Å²) in [5.41, 5.74) is 2.07. The first-order chi connectivity index (χ1) is 14.6. The summed E-state index contributed by atoms with van der Waals surface area (Å²) >= 11 is 0. The number of benzene rings is 3. The monoisotopic (exact) mass is 405 g/mol. The Morgan fingerprint density at radius 2 is 1.63 bits per heavy atom. The van der Waals surface area contributed by atoms with Gasteiger partial charge in [0.15, 0.2) is 0 Å². The summed E-state index contributed by atoms with van der Waals surface area (Å²) in [4.78, 5) is 16.2. The van der Waals surface area contributed by atoms with Gasteiger partial charge < -0.3 is 19.4 Å². The average molecular weight is 405 g/mol. The molecule has 30 heavy (non-hydrogen) atoms. The SMILES string of the molecule is CCO/N=C(\COc1cccc(CC(=O)O)c1)c1cccc(Oc2ccccc2)c1. The third-order valence-corrected chi connectivity index (χ3v) is 4.08. The summed E-state index contributed by atoms with van der Waals surface area (Å²) in [5.74, 6) is 1.09. The Bertz CT molecular complexity index is 1000. The highest BCUT2D eigenvalue weighted by Gasteiger charge is 2.10. The van der Waals surface area contributed by atoms with E-state index in [0.717, 1.165) is 11.3 Å². The third kappa shape index (κ3) is 6.38. The number of carboxylic acids is 1. The van der Waals surface area contributed by atoms with Crippen LogP contribution < -0.4 is 9.47 Å². The molecule has 3 rings (SSSR count). The maximum absolute atomic E-state index is 10.9. The van der Waals surface area contributed by atoms with Gasteiger partial charge in [-0.2, -0.15) is 0 Å². The van der Waals surface area contributed by atoms with Gasteiger partial charge in [-0.3, -0.25) is 4.79 Å². The first kappa shape index (κ1) is 20.9. The number of rotatable bonds is 10. The Balaban J connectivity index is 1.75. The second-order valence-corrected chi connectivity index (χ2v) is 6.41. The quantitative estimate of drug-likeness (QED) is 0.382. The minimum atomic E-state index is -0.888. The van der Waals surface area contributed by atoms with E-state index in [1.807, 2.05) is 61.5 Å². The van der Waals surface area contributed by atoms with Crippen molar-refractivity contribution in [3.05, 3.63) is 90.0 Å². The van der Waals surface area contributed by atoms with Gasteiger partial charge in [0, 0.05) is 5.56 Å². The van der Waals surface area contributed by atoms with Gasteiger partial charge >= 0.3 is 5.97 Å². The van der Waals surface area contributed by atoms with Crippen LogP contribution in [0.25, 0.3) is 0 Å². The van der Waals surface area contributed by atoms with Gasteiger partial charge in [0.25, 0.3) is 0 Å². The lowest BCUT2D eigenvalue weighted by Crippen LogP contribution is -2.14. The summed E-state index contributed by atoms with van der Waals surface area (Å²) in [6, 6.07) is 24.0. The minimum Gasteiger partial charge on any atom is -0.487 e. The molecule has 3 aromatic rings. The first-order valence-electron chi connectivity index (χ1n) is 9.59. The fraction of sp³-hybridized carbons (Fsp3) is 0.167. The summed E-state index contributed by atoms with van der Waals surface area (Å²) < 4.78 is 11.8. The van der Waals surface area contributed by atoms with E-state index in [-0.39, 0.29) is 13.0 Å². The maximum atomic E-state index is 10.9. The molecule has 0 radical (unpaired) electrons. The van der Waals surface area contributed by atoms with Crippen LogP contribution in [0.5, 0.6) is 17.2 Å². The van der Waals surface area contributed by atoms with E-state index in [2.05, 4.69) is 5.16 Å². The topological polar surface area (TPSA) is 77.4 Å². The fourth-order valence-electron chi connectivity index (χ4n) is 2.74. The molecule has 6 nitrogen and oxygen atoms in total.